The van der Waals surface area contributed by atoms with Crippen molar-refractivity contribution in [3.63, 3.8) is 0 Å². The third-order valence-electron chi connectivity index (χ3n) is 2.61. The Kier molecular flexibility index (Phi) is 5.49. The number of hydrogen-bond acceptors (Lipinski definition) is 4. The average Bonchev–Trinajstić information content (AvgIpc) is 2.38. The molecule has 0 saturated heterocycles. The lowest BCUT2D eigenvalue weighted by molar-refractivity contribution is -0.140. The van der Waals surface area contributed by atoms with Crippen molar-refractivity contribution < 1.29 is 14.3 Å². The lowest BCUT2D eigenvalue weighted by atomic mass is 10.1. The van der Waals surface area contributed by atoms with E-state index in [-0.39, 0.29) is 12.0 Å². The molecule has 0 aliphatic heterocycles. The van der Waals surface area contributed by atoms with Crippen LogP contribution in [-0.4, -0.2) is 26.7 Å². The van der Waals surface area contributed by atoms with Crippen molar-refractivity contribution in [1.82, 2.24) is 5.32 Å². The highest BCUT2D eigenvalue weighted by Gasteiger charge is 2.10. The molecule has 1 unspecified atom stereocenters. The summed E-state index contributed by atoms with van der Waals surface area (Å²) in [5.41, 5.74) is 1.08. The van der Waals surface area contributed by atoms with Crippen molar-refractivity contribution in [3.05, 3.63) is 29.8 Å². The molecular weight excluding hydrogens is 218 g/mol. The van der Waals surface area contributed by atoms with Gasteiger partial charge >= 0.3 is 5.97 Å². The molecule has 0 spiro atoms. The maximum absolute atomic E-state index is 11.0. The van der Waals surface area contributed by atoms with Crippen LogP contribution in [0.5, 0.6) is 5.75 Å². The molecule has 0 aliphatic carbocycles. The molecular formula is C13H19NO3. The molecule has 0 aromatic heterocycles. The lowest BCUT2D eigenvalue weighted by Crippen LogP contribution is -2.22. The van der Waals surface area contributed by atoms with E-state index in [1.807, 2.05) is 31.2 Å². The van der Waals surface area contributed by atoms with Crippen molar-refractivity contribution in [2.45, 2.75) is 19.4 Å². The van der Waals surface area contributed by atoms with Gasteiger partial charge in [-0.25, -0.2) is 0 Å². The molecule has 1 N–H and O–H groups in total. The Morgan fingerprint density at radius 3 is 2.71 bits per heavy atom. The van der Waals surface area contributed by atoms with Crippen LogP contribution in [0.15, 0.2) is 24.3 Å². The normalized spacial score (nSPS) is 11.9. The number of ether oxygens (including phenoxy) is 2. The van der Waals surface area contributed by atoms with Crippen LogP contribution in [0.4, 0.5) is 0 Å². The second kappa shape index (κ2) is 6.91. The van der Waals surface area contributed by atoms with Gasteiger partial charge in [0.1, 0.15) is 5.75 Å². The van der Waals surface area contributed by atoms with Crippen molar-refractivity contribution in [3.8, 4) is 5.75 Å². The Labute approximate surface area is 102 Å². The summed E-state index contributed by atoms with van der Waals surface area (Å²) in [5, 5.41) is 3.26. The summed E-state index contributed by atoms with van der Waals surface area (Å²) in [6, 6.07) is 7.97. The van der Waals surface area contributed by atoms with Gasteiger partial charge in [0, 0.05) is 18.2 Å². The van der Waals surface area contributed by atoms with Gasteiger partial charge in [-0.3, -0.25) is 4.79 Å². The monoisotopic (exact) mass is 237 g/mol. The highest BCUT2D eigenvalue weighted by Crippen LogP contribution is 2.23. The van der Waals surface area contributed by atoms with Crippen LogP contribution >= 0.6 is 0 Å². The van der Waals surface area contributed by atoms with Gasteiger partial charge in [0.2, 0.25) is 0 Å². The van der Waals surface area contributed by atoms with E-state index in [9.17, 15) is 4.79 Å². The Morgan fingerprint density at radius 1 is 1.35 bits per heavy atom. The van der Waals surface area contributed by atoms with Crippen molar-refractivity contribution in [1.29, 1.82) is 0 Å². The largest absolute Gasteiger partial charge is 0.496 e. The molecule has 0 amide bonds. The first-order valence-corrected chi connectivity index (χ1v) is 5.62. The van der Waals surface area contributed by atoms with Crippen LogP contribution in [0.25, 0.3) is 0 Å². The van der Waals surface area contributed by atoms with Gasteiger partial charge in [-0.05, 0) is 13.0 Å². The molecule has 0 fully saturated rings. The summed E-state index contributed by atoms with van der Waals surface area (Å²) in [7, 11) is 3.05. The molecule has 4 heteroatoms. The zero-order valence-corrected chi connectivity index (χ0v) is 10.5. The predicted octanol–water partition coefficient (Wildman–Crippen LogP) is 1.91. The van der Waals surface area contributed by atoms with Gasteiger partial charge in [0.15, 0.2) is 0 Å². The molecule has 0 saturated carbocycles. The fraction of sp³-hybridized carbons (Fsp3) is 0.462. The molecule has 0 radical (unpaired) electrons. The molecule has 1 rings (SSSR count). The van der Waals surface area contributed by atoms with Crippen LogP contribution < -0.4 is 10.1 Å². The van der Waals surface area contributed by atoms with Crippen LogP contribution in [0.2, 0.25) is 0 Å². The molecule has 17 heavy (non-hydrogen) atoms. The summed E-state index contributed by atoms with van der Waals surface area (Å²) in [6.07, 6.45) is 0.371. The molecule has 0 heterocycles. The minimum atomic E-state index is -0.204. The van der Waals surface area contributed by atoms with E-state index in [4.69, 9.17) is 4.74 Å². The number of hydrogen-bond donors (Lipinski definition) is 1. The topological polar surface area (TPSA) is 47.6 Å². The lowest BCUT2D eigenvalue weighted by Gasteiger charge is -2.16. The van der Waals surface area contributed by atoms with E-state index in [1.165, 1.54) is 7.11 Å². The minimum absolute atomic E-state index is 0.135. The van der Waals surface area contributed by atoms with Crippen LogP contribution in [0.3, 0.4) is 0 Å². The average molecular weight is 237 g/mol. The summed E-state index contributed by atoms with van der Waals surface area (Å²) in [4.78, 5) is 11.0. The first-order valence-electron chi connectivity index (χ1n) is 5.62. The number of para-hydroxylation sites is 1. The maximum Gasteiger partial charge on any atom is 0.306 e. The number of nitrogens with one attached hydrogen (secondary N) is 1. The molecule has 1 atom stereocenters. The number of benzene rings is 1. The Balaban J connectivity index is 2.51. The zero-order chi connectivity index (χ0) is 12.7. The summed E-state index contributed by atoms with van der Waals surface area (Å²) in [6.45, 7) is 2.63. The Hall–Kier alpha value is -1.55. The van der Waals surface area contributed by atoms with Gasteiger partial charge in [-0.15, -0.1) is 0 Å². The minimum Gasteiger partial charge on any atom is -0.496 e. The van der Waals surface area contributed by atoms with E-state index in [2.05, 4.69) is 10.1 Å². The fourth-order valence-electron chi connectivity index (χ4n) is 1.63. The van der Waals surface area contributed by atoms with Crippen molar-refractivity contribution >= 4 is 5.97 Å². The smallest absolute Gasteiger partial charge is 0.306 e. The zero-order valence-electron chi connectivity index (χ0n) is 10.5. The SMILES string of the molecule is COC(=O)CCNC(C)c1ccccc1OC. The van der Waals surface area contributed by atoms with Crippen LogP contribution in [0, 0.1) is 0 Å². The quantitative estimate of drug-likeness (QED) is 0.768. The van der Waals surface area contributed by atoms with E-state index >= 15 is 0 Å². The molecule has 94 valence electrons. The van der Waals surface area contributed by atoms with Crippen molar-refractivity contribution in [2.24, 2.45) is 0 Å². The van der Waals surface area contributed by atoms with E-state index in [1.54, 1.807) is 7.11 Å². The standard InChI is InChI=1S/C13H19NO3/c1-10(14-9-8-13(15)17-3)11-6-4-5-7-12(11)16-2/h4-7,10,14H,8-9H2,1-3H3. The molecule has 0 bridgehead atoms. The third-order valence-corrected chi connectivity index (χ3v) is 2.61. The number of rotatable bonds is 6. The molecule has 1 aromatic rings. The third kappa shape index (κ3) is 4.07. The maximum atomic E-state index is 11.0. The van der Waals surface area contributed by atoms with Gasteiger partial charge in [-0.2, -0.15) is 0 Å². The number of carbonyl (C=O) groups is 1. The summed E-state index contributed by atoms with van der Waals surface area (Å²) >= 11 is 0. The second-order valence-electron chi connectivity index (χ2n) is 3.74. The highest BCUT2D eigenvalue weighted by molar-refractivity contribution is 5.69. The first-order chi connectivity index (χ1) is 8.19. The number of esters is 1. The first kappa shape index (κ1) is 13.5. The molecule has 0 aliphatic rings. The number of methoxy groups -OCH3 is 2. The van der Waals surface area contributed by atoms with Gasteiger partial charge < -0.3 is 14.8 Å². The van der Waals surface area contributed by atoms with Gasteiger partial charge in [-0.1, -0.05) is 18.2 Å². The van der Waals surface area contributed by atoms with E-state index in [0.717, 1.165) is 11.3 Å². The number of carbonyl (C=O) groups excluding carboxylic acids is 1. The predicted molar refractivity (Wildman–Crippen MR) is 66.0 cm³/mol. The van der Waals surface area contributed by atoms with Crippen molar-refractivity contribution in [2.75, 3.05) is 20.8 Å². The van der Waals surface area contributed by atoms with Crippen LogP contribution in [0.1, 0.15) is 24.9 Å². The van der Waals surface area contributed by atoms with E-state index < -0.39 is 0 Å². The van der Waals surface area contributed by atoms with Gasteiger partial charge in [0.25, 0.3) is 0 Å². The molecule has 1 aromatic carbocycles. The Morgan fingerprint density at radius 2 is 2.06 bits per heavy atom. The summed E-state index contributed by atoms with van der Waals surface area (Å²) in [5.74, 6) is 0.648. The van der Waals surface area contributed by atoms with Gasteiger partial charge in [0.05, 0.1) is 20.6 Å². The second-order valence-corrected chi connectivity index (χ2v) is 3.74. The van der Waals surface area contributed by atoms with Crippen LogP contribution in [-0.2, 0) is 9.53 Å². The highest BCUT2D eigenvalue weighted by atomic mass is 16.5. The Bertz CT molecular complexity index is 365. The molecule has 4 nitrogen and oxygen atoms in total. The van der Waals surface area contributed by atoms with E-state index in [0.29, 0.717) is 13.0 Å². The fourth-order valence-corrected chi connectivity index (χ4v) is 1.63. The summed E-state index contributed by atoms with van der Waals surface area (Å²) < 4.78 is 9.86.